The molecule has 0 amide bonds. The summed E-state index contributed by atoms with van der Waals surface area (Å²) < 4.78 is 18.0. The van der Waals surface area contributed by atoms with Crippen molar-refractivity contribution < 1.29 is 34.0 Å². The van der Waals surface area contributed by atoms with E-state index < -0.39 is 17.9 Å². The normalized spacial score (nSPS) is 23.9. The molecule has 3 atom stereocenters. The molecular formula is C28H34O7. The molecule has 2 N–H and O–H groups in total. The highest BCUT2D eigenvalue weighted by atomic mass is 16.8. The minimum absolute atomic E-state index is 0.0918. The second-order valence-corrected chi connectivity index (χ2v) is 9.48. The number of allylic oxidation sites excluding steroid dienone is 1. The summed E-state index contributed by atoms with van der Waals surface area (Å²) in [6.07, 6.45) is 6.51. The van der Waals surface area contributed by atoms with Crippen molar-refractivity contribution in [1.82, 2.24) is 0 Å². The lowest BCUT2D eigenvalue weighted by molar-refractivity contribution is -0.184. The molecule has 1 saturated carbocycles. The molecule has 2 aliphatic rings. The maximum atomic E-state index is 12.7. The van der Waals surface area contributed by atoms with Gasteiger partial charge in [-0.1, -0.05) is 42.8 Å². The third kappa shape index (κ3) is 6.69. The van der Waals surface area contributed by atoms with Gasteiger partial charge in [-0.05, 0) is 54.5 Å². The molecule has 0 radical (unpaired) electrons. The van der Waals surface area contributed by atoms with Gasteiger partial charge in [-0.15, -0.1) is 0 Å². The van der Waals surface area contributed by atoms with Crippen molar-refractivity contribution in [3.8, 4) is 5.75 Å². The van der Waals surface area contributed by atoms with Crippen LogP contribution in [0.1, 0.15) is 44.9 Å². The summed E-state index contributed by atoms with van der Waals surface area (Å²) in [5, 5.41) is 21.4. The van der Waals surface area contributed by atoms with E-state index in [4.69, 9.17) is 19.3 Å². The van der Waals surface area contributed by atoms with E-state index in [0.717, 1.165) is 41.9 Å². The van der Waals surface area contributed by atoms with E-state index in [-0.39, 0.29) is 30.6 Å². The standard InChI is InChI=1S/C28H34O7/c29-25-18-26(30)24(23(25)9-3-1-2-4-10-27(31)32)13-14-28(34-15-16-35-28)19-33-22-12-11-20-7-5-6-8-21(20)17-22/h4-8,10-12,17,23-25,29H,1-3,9,13-16,18-19H2,(H,31,32)/t23-,24-,25+/m1/s1. The van der Waals surface area contributed by atoms with E-state index in [9.17, 15) is 14.7 Å². The highest BCUT2D eigenvalue weighted by molar-refractivity contribution is 5.84. The molecule has 1 aliphatic heterocycles. The van der Waals surface area contributed by atoms with Crippen LogP contribution in [0, 0.1) is 11.8 Å². The number of aliphatic hydroxyl groups excluding tert-OH is 1. The van der Waals surface area contributed by atoms with E-state index in [1.165, 1.54) is 0 Å². The lowest BCUT2D eigenvalue weighted by Gasteiger charge is -2.29. The number of carbonyl (C=O) groups excluding carboxylic acids is 1. The SMILES string of the molecule is O=C(O)C=CCCCC[C@H]1[C@@H](O)CC(=O)[C@@H]1CCC1(COc2ccc3ccccc3c2)OCCO1. The first kappa shape index (κ1) is 25.4. The fourth-order valence-corrected chi connectivity index (χ4v) is 5.23. The molecule has 2 fully saturated rings. The van der Waals surface area contributed by atoms with E-state index in [2.05, 4.69) is 6.07 Å². The molecule has 0 spiro atoms. The number of hydrogen-bond donors (Lipinski definition) is 2. The Labute approximate surface area is 205 Å². The number of Topliss-reactive ketones (excluding diaryl/α,β-unsaturated/α-hetero) is 1. The summed E-state index contributed by atoms with van der Waals surface area (Å²) in [7, 11) is 0. The molecule has 0 aromatic heterocycles. The highest BCUT2D eigenvalue weighted by Crippen LogP contribution is 2.39. The summed E-state index contributed by atoms with van der Waals surface area (Å²) in [5.74, 6) is -1.33. The van der Waals surface area contributed by atoms with Gasteiger partial charge >= 0.3 is 5.97 Å². The van der Waals surface area contributed by atoms with Crippen molar-refractivity contribution in [2.75, 3.05) is 19.8 Å². The third-order valence-electron chi connectivity index (χ3n) is 7.08. The molecule has 35 heavy (non-hydrogen) atoms. The van der Waals surface area contributed by atoms with Crippen LogP contribution in [-0.2, 0) is 19.1 Å². The number of ketones is 1. The maximum absolute atomic E-state index is 12.7. The predicted octanol–water partition coefficient (Wildman–Crippen LogP) is 4.51. The van der Waals surface area contributed by atoms with Crippen molar-refractivity contribution in [2.45, 2.75) is 56.8 Å². The number of fused-ring (bicyclic) bond motifs is 1. The quantitative estimate of drug-likeness (QED) is 0.339. The van der Waals surface area contributed by atoms with Gasteiger partial charge in [0.25, 0.3) is 0 Å². The fraction of sp³-hybridized carbons (Fsp3) is 0.500. The van der Waals surface area contributed by atoms with Gasteiger partial charge in [0.05, 0.1) is 19.3 Å². The number of ether oxygens (including phenoxy) is 3. The van der Waals surface area contributed by atoms with Gasteiger partial charge in [0.1, 0.15) is 18.1 Å². The molecule has 188 valence electrons. The molecule has 4 rings (SSSR count). The van der Waals surface area contributed by atoms with E-state index in [1.807, 2.05) is 36.4 Å². The largest absolute Gasteiger partial charge is 0.488 e. The summed E-state index contributed by atoms with van der Waals surface area (Å²) >= 11 is 0. The van der Waals surface area contributed by atoms with Gasteiger partial charge in [0, 0.05) is 24.8 Å². The Morgan fingerprint density at radius 1 is 1.09 bits per heavy atom. The minimum Gasteiger partial charge on any atom is -0.488 e. The summed E-state index contributed by atoms with van der Waals surface area (Å²) in [4.78, 5) is 23.2. The van der Waals surface area contributed by atoms with Crippen LogP contribution >= 0.6 is 0 Å². The Balaban J connectivity index is 1.32. The number of unbranched alkanes of at least 4 members (excludes halogenated alkanes) is 2. The van der Waals surface area contributed by atoms with Gasteiger partial charge in [-0.3, -0.25) is 4.79 Å². The van der Waals surface area contributed by atoms with Gasteiger partial charge < -0.3 is 24.4 Å². The number of benzene rings is 2. The molecule has 1 aliphatic carbocycles. The molecule has 7 heteroatoms. The number of aliphatic carboxylic acids is 1. The summed E-state index contributed by atoms with van der Waals surface area (Å²) in [5.41, 5.74) is 0. The lowest BCUT2D eigenvalue weighted by atomic mass is 9.85. The topological polar surface area (TPSA) is 102 Å². The second-order valence-electron chi connectivity index (χ2n) is 9.48. The molecule has 0 bridgehead atoms. The molecule has 2 aromatic carbocycles. The third-order valence-corrected chi connectivity index (χ3v) is 7.08. The van der Waals surface area contributed by atoms with Crippen LogP contribution in [0.2, 0.25) is 0 Å². The smallest absolute Gasteiger partial charge is 0.327 e. The molecule has 2 aromatic rings. The Kier molecular flexibility index (Phi) is 8.55. The zero-order valence-electron chi connectivity index (χ0n) is 19.9. The number of carbonyl (C=O) groups is 2. The van der Waals surface area contributed by atoms with Crippen LogP contribution in [0.15, 0.2) is 54.6 Å². The van der Waals surface area contributed by atoms with Gasteiger partial charge in [0.2, 0.25) is 5.79 Å². The number of rotatable bonds is 12. The van der Waals surface area contributed by atoms with Gasteiger partial charge in [-0.2, -0.15) is 0 Å². The molecule has 1 heterocycles. The average molecular weight is 483 g/mol. The van der Waals surface area contributed by atoms with Crippen LogP contribution in [0.25, 0.3) is 10.8 Å². The van der Waals surface area contributed by atoms with E-state index in [0.29, 0.717) is 32.5 Å². The molecule has 0 unspecified atom stereocenters. The van der Waals surface area contributed by atoms with Crippen molar-refractivity contribution in [3.63, 3.8) is 0 Å². The fourth-order valence-electron chi connectivity index (χ4n) is 5.23. The van der Waals surface area contributed by atoms with Gasteiger partial charge in [0.15, 0.2) is 0 Å². The highest BCUT2D eigenvalue weighted by Gasteiger charge is 2.44. The van der Waals surface area contributed by atoms with Gasteiger partial charge in [-0.25, -0.2) is 4.79 Å². The predicted molar refractivity (Wildman–Crippen MR) is 131 cm³/mol. The first-order valence-electron chi connectivity index (χ1n) is 12.5. The van der Waals surface area contributed by atoms with Crippen LogP contribution in [0.4, 0.5) is 0 Å². The summed E-state index contributed by atoms with van der Waals surface area (Å²) in [6.45, 7) is 1.20. The minimum atomic E-state index is -0.947. The number of hydrogen-bond acceptors (Lipinski definition) is 6. The molecular weight excluding hydrogens is 448 g/mol. The zero-order chi connectivity index (χ0) is 24.7. The Morgan fingerprint density at radius 2 is 1.86 bits per heavy atom. The average Bonchev–Trinajstić information content (AvgIpc) is 3.42. The molecule has 7 nitrogen and oxygen atoms in total. The van der Waals surface area contributed by atoms with E-state index >= 15 is 0 Å². The number of carboxylic acids is 1. The number of carboxylic acid groups (broad SMARTS) is 1. The first-order valence-corrected chi connectivity index (χ1v) is 12.5. The second kappa shape index (κ2) is 11.8. The summed E-state index contributed by atoms with van der Waals surface area (Å²) in [6, 6.07) is 14.0. The Hall–Kier alpha value is -2.74. The lowest BCUT2D eigenvalue weighted by Crippen LogP contribution is -2.38. The van der Waals surface area contributed by atoms with Crippen molar-refractivity contribution in [3.05, 3.63) is 54.6 Å². The number of aliphatic hydroxyl groups is 1. The van der Waals surface area contributed by atoms with Crippen LogP contribution in [0.3, 0.4) is 0 Å². The van der Waals surface area contributed by atoms with Crippen LogP contribution < -0.4 is 4.74 Å². The van der Waals surface area contributed by atoms with Crippen molar-refractivity contribution in [2.24, 2.45) is 11.8 Å². The Morgan fingerprint density at radius 3 is 2.63 bits per heavy atom. The van der Waals surface area contributed by atoms with Crippen LogP contribution in [-0.4, -0.2) is 53.7 Å². The van der Waals surface area contributed by atoms with Crippen molar-refractivity contribution in [1.29, 1.82) is 0 Å². The van der Waals surface area contributed by atoms with Crippen molar-refractivity contribution >= 4 is 22.5 Å². The van der Waals surface area contributed by atoms with Crippen LogP contribution in [0.5, 0.6) is 5.75 Å². The Bertz CT molecular complexity index is 1040. The first-order chi connectivity index (χ1) is 17.0. The monoisotopic (exact) mass is 482 g/mol. The maximum Gasteiger partial charge on any atom is 0.327 e. The van der Waals surface area contributed by atoms with E-state index in [1.54, 1.807) is 6.08 Å². The zero-order valence-corrected chi connectivity index (χ0v) is 19.9. The molecule has 1 saturated heterocycles.